The van der Waals surface area contributed by atoms with Gasteiger partial charge in [0.05, 0.1) is 19.9 Å². The molecule has 1 aromatic heterocycles. The Hall–Kier alpha value is -3.12. The molecule has 0 unspecified atom stereocenters. The second-order valence-electron chi connectivity index (χ2n) is 7.35. The second kappa shape index (κ2) is 8.92. The van der Waals surface area contributed by atoms with Gasteiger partial charge in [0.15, 0.2) is 0 Å². The Labute approximate surface area is 172 Å². The third-order valence-electron chi connectivity index (χ3n) is 5.16. The number of hydrazone groups is 1. The number of methoxy groups -OCH3 is 1. The first-order valence-electron chi connectivity index (χ1n) is 9.94. The number of hydrogen-bond acceptors (Lipinski definition) is 5. The molecule has 6 heteroatoms. The molecule has 0 radical (unpaired) electrons. The summed E-state index contributed by atoms with van der Waals surface area (Å²) in [6.45, 7) is 4.68. The topological polar surface area (TPSA) is 45.9 Å². The van der Waals surface area contributed by atoms with Crippen LogP contribution in [0.2, 0.25) is 0 Å². The number of nitrogens with zero attached hydrogens (tertiary/aromatic N) is 5. The number of benzene rings is 2. The number of hydrogen-bond donors (Lipinski definition) is 0. The van der Waals surface area contributed by atoms with E-state index in [2.05, 4.69) is 53.5 Å². The molecule has 0 N–H and O–H groups in total. The fourth-order valence-electron chi connectivity index (χ4n) is 3.43. The Morgan fingerprint density at radius 1 is 1.03 bits per heavy atom. The van der Waals surface area contributed by atoms with Crippen LogP contribution in [0.4, 0.5) is 0 Å². The summed E-state index contributed by atoms with van der Waals surface area (Å²) in [7, 11) is 3.83. The highest BCUT2D eigenvalue weighted by molar-refractivity contribution is 5.88. The smallest absolute Gasteiger partial charge is 0.119 e. The van der Waals surface area contributed by atoms with Crippen molar-refractivity contribution in [1.29, 1.82) is 0 Å². The van der Waals surface area contributed by atoms with Gasteiger partial charge in [-0.3, -0.25) is 9.69 Å². The molecule has 0 aliphatic carbocycles. The molecule has 0 atom stereocenters. The Morgan fingerprint density at radius 3 is 2.59 bits per heavy atom. The summed E-state index contributed by atoms with van der Waals surface area (Å²) in [5.41, 5.74) is 4.16. The molecule has 4 rings (SSSR count). The van der Waals surface area contributed by atoms with E-state index < -0.39 is 0 Å². The number of aromatic nitrogens is 2. The molecule has 1 saturated heterocycles. The van der Waals surface area contributed by atoms with E-state index in [0.717, 1.165) is 55.3 Å². The Bertz CT molecular complexity index is 958. The van der Waals surface area contributed by atoms with Crippen LogP contribution in [0.3, 0.4) is 0 Å². The number of piperazine rings is 1. The quantitative estimate of drug-likeness (QED) is 0.608. The zero-order chi connectivity index (χ0) is 20.1. The molecular weight excluding hydrogens is 362 g/mol. The Balaban J connectivity index is 1.63. The van der Waals surface area contributed by atoms with Gasteiger partial charge in [-0.1, -0.05) is 42.5 Å². The van der Waals surface area contributed by atoms with E-state index >= 15 is 0 Å². The highest BCUT2D eigenvalue weighted by atomic mass is 16.5. The normalized spacial score (nSPS) is 15.2. The fourth-order valence-corrected chi connectivity index (χ4v) is 3.43. The van der Waals surface area contributed by atoms with Crippen LogP contribution >= 0.6 is 0 Å². The fraction of sp³-hybridized carbons (Fsp3) is 0.304. The van der Waals surface area contributed by atoms with E-state index in [-0.39, 0.29) is 0 Å². The van der Waals surface area contributed by atoms with E-state index in [0.29, 0.717) is 0 Å². The minimum absolute atomic E-state index is 0.722. The maximum atomic E-state index is 5.40. The zero-order valence-electron chi connectivity index (χ0n) is 17.0. The molecule has 1 aliphatic heterocycles. The van der Waals surface area contributed by atoms with E-state index in [1.54, 1.807) is 7.11 Å². The highest BCUT2D eigenvalue weighted by Crippen LogP contribution is 2.25. The SMILES string of the molecule is COc1cccc(-c2nn(Cc3ccccc3)cc2/C=N\N2CCN(C)CC2)c1. The van der Waals surface area contributed by atoms with Gasteiger partial charge in [0.1, 0.15) is 11.4 Å². The maximum Gasteiger partial charge on any atom is 0.119 e. The van der Waals surface area contributed by atoms with Crippen LogP contribution in [-0.2, 0) is 6.54 Å². The first-order chi connectivity index (χ1) is 14.2. The van der Waals surface area contributed by atoms with Crippen molar-refractivity contribution in [3.8, 4) is 17.0 Å². The summed E-state index contributed by atoms with van der Waals surface area (Å²) in [4.78, 5) is 2.32. The minimum atomic E-state index is 0.722. The molecule has 6 nitrogen and oxygen atoms in total. The van der Waals surface area contributed by atoms with Crippen LogP contribution in [0.5, 0.6) is 5.75 Å². The predicted octanol–water partition coefficient (Wildman–Crippen LogP) is 3.19. The summed E-state index contributed by atoms with van der Waals surface area (Å²) in [5, 5.41) is 11.7. The highest BCUT2D eigenvalue weighted by Gasteiger charge is 2.14. The summed E-state index contributed by atoms with van der Waals surface area (Å²) < 4.78 is 7.38. The number of ether oxygens (including phenoxy) is 1. The maximum absolute atomic E-state index is 5.40. The Morgan fingerprint density at radius 2 is 1.83 bits per heavy atom. The summed E-state index contributed by atoms with van der Waals surface area (Å²) in [6, 6.07) is 18.4. The van der Waals surface area contributed by atoms with Gasteiger partial charge in [-0.25, -0.2) is 0 Å². The average Bonchev–Trinajstić information content (AvgIpc) is 3.16. The lowest BCUT2D eigenvalue weighted by molar-refractivity contribution is 0.159. The van der Waals surface area contributed by atoms with Crippen LogP contribution in [-0.4, -0.2) is 66.2 Å². The lowest BCUT2D eigenvalue weighted by Crippen LogP contribution is -2.41. The standard InChI is InChI=1S/C23H27N5O/c1-26-11-13-27(14-12-26)24-16-21-18-28(17-19-7-4-3-5-8-19)25-23(21)20-9-6-10-22(15-20)29-2/h3-10,15-16,18H,11-14,17H2,1-2H3/b24-16-. The van der Waals surface area contributed by atoms with E-state index in [9.17, 15) is 0 Å². The molecule has 0 amide bonds. The van der Waals surface area contributed by atoms with Crippen molar-refractivity contribution < 1.29 is 4.74 Å². The van der Waals surface area contributed by atoms with Crippen molar-refractivity contribution in [2.24, 2.45) is 5.10 Å². The van der Waals surface area contributed by atoms with Crippen LogP contribution < -0.4 is 4.74 Å². The van der Waals surface area contributed by atoms with Gasteiger partial charge in [-0.2, -0.15) is 10.2 Å². The van der Waals surface area contributed by atoms with Gasteiger partial charge < -0.3 is 9.64 Å². The van der Waals surface area contributed by atoms with Crippen molar-refractivity contribution >= 4 is 6.21 Å². The number of likely N-dealkylation sites (N-methyl/N-ethyl adjacent to an activating group) is 1. The van der Waals surface area contributed by atoms with Gasteiger partial charge in [0.2, 0.25) is 0 Å². The van der Waals surface area contributed by atoms with Gasteiger partial charge in [0.25, 0.3) is 0 Å². The average molecular weight is 390 g/mol. The molecule has 0 spiro atoms. The van der Waals surface area contributed by atoms with Crippen molar-refractivity contribution in [3.05, 3.63) is 71.9 Å². The molecule has 0 saturated carbocycles. The summed E-state index contributed by atoms with van der Waals surface area (Å²) >= 11 is 0. The van der Waals surface area contributed by atoms with Crippen molar-refractivity contribution in [1.82, 2.24) is 19.7 Å². The summed E-state index contributed by atoms with van der Waals surface area (Å²) in [5.74, 6) is 0.821. The largest absolute Gasteiger partial charge is 0.497 e. The van der Waals surface area contributed by atoms with Gasteiger partial charge >= 0.3 is 0 Å². The molecule has 2 aromatic carbocycles. The van der Waals surface area contributed by atoms with E-state index in [1.165, 1.54) is 5.56 Å². The first kappa shape index (κ1) is 19.2. The number of rotatable bonds is 6. The molecule has 29 heavy (non-hydrogen) atoms. The van der Waals surface area contributed by atoms with Crippen molar-refractivity contribution in [2.75, 3.05) is 40.3 Å². The second-order valence-corrected chi connectivity index (χ2v) is 7.35. The molecule has 1 aliphatic rings. The van der Waals surface area contributed by atoms with Crippen LogP contribution in [0.25, 0.3) is 11.3 Å². The third kappa shape index (κ3) is 4.84. The monoisotopic (exact) mass is 389 g/mol. The molecule has 150 valence electrons. The van der Waals surface area contributed by atoms with E-state index in [4.69, 9.17) is 14.9 Å². The predicted molar refractivity (Wildman–Crippen MR) is 116 cm³/mol. The minimum Gasteiger partial charge on any atom is -0.497 e. The van der Waals surface area contributed by atoms with Crippen molar-refractivity contribution in [2.45, 2.75) is 6.54 Å². The lowest BCUT2D eigenvalue weighted by Gasteiger charge is -2.30. The van der Waals surface area contributed by atoms with Gasteiger partial charge in [-0.05, 0) is 24.7 Å². The third-order valence-corrected chi connectivity index (χ3v) is 5.16. The molecule has 1 fully saturated rings. The molecular formula is C23H27N5O. The molecule has 3 aromatic rings. The summed E-state index contributed by atoms with van der Waals surface area (Å²) in [6.07, 6.45) is 4.01. The lowest BCUT2D eigenvalue weighted by atomic mass is 10.1. The van der Waals surface area contributed by atoms with Crippen molar-refractivity contribution in [3.63, 3.8) is 0 Å². The van der Waals surface area contributed by atoms with Gasteiger partial charge in [-0.15, -0.1) is 0 Å². The molecule has 0 bridgehead atoms. The van der Waals surface area contributed by atoms with E-state index in [1.807, 2.05) is 35.2 Å². The van der Waals surface area contributed by atoms with Crippen LogP contribution in [0, 0.1) is 0 Å². The molecule has 2 heterocycles. The zero-order valence-corrected chi connectivity index (χ0v) is 17.0. The van der Waals surface area contributed by atoms with Crippen LogP contribution in [0.15, 0.2) is 65.9 Å². The Kier molecular flexibility index (Phi) is 5.91. The first-order valence-corrected chi connectivity index (χ1v) is 9.94. The van der Waals surface area contributed by atoms with Gasteiger partial charge in [0, 0.05) is 43.5 Å². The van der Waals surface area contributed by atoms with Crippen LogP contribution in [0.1, 0.15) is 11.1 Å².